The van der Waals surface area contributed by atoms with Crippen LogP contribution in [-0.4, -0.2) is 10.8 Å². The van der Waals surface area contributed by atoms with Gasteiger partial charge >= 0.3 is 11.4 Å². The fourth-order valence-electron chi connectivity index (χ4n) is 1.46. The van der Waals surface area contributed by atoms with Gasteiger partial charge in [-0.3, -0.25) is 8.37 Å². The molecule has 2 unspecified atom stereocenters. The first kappa shape index (κ1) is 9.83. The van der Waals surface area contributed by atoms with Gasteiger partial charge in [-0.05, 0) is 18.4 Å². The van der Waals surface area contributed by atoms with Crippen LogP contribution in [0.2, 0.25) is 0 Å². The maximum Gasteiger partial charge on any atom is 0.305 e. The standard InChI is InChI=1S/C10H12O3S/c11-14-12-8-4-7-10(13-14)9-5-2-1-3-6-9/h1-3,5-6,10H,4,7-8H2. The second-order valence-corrected chi connectivity index (χ2v) is 4.00. The summed E-state index contributed by atoms with van der Waals surface area (Å²) in [5, 5.41) is 0. The summed E-state index contributed by atoms with van der Waals surface area (Å²) in [5.74, 6) is 0. The van der Waals surface area contributed by atoms with Gasteiger partial charge in [0.05, 0.1) is 6.61 Å². The largest absolute Gasteiger partial charge is 0.305 e. The van der Waals surface area contributed by atoms with Gasteiger partial charge in [-0.15, -0.1) is 0 Å². The second kappa shape index (κ2) is 4.68. The van der Waals surface area contributed by atoms with Crippen LogP contribution in [0.15, 0.2) is 30.3 Å². The zero-order valence-corrected chi connectivity index (χ0v) is 8.53. The fraction of sp³-hybridized carbons (Fsp3) is 0.400. The van der Waals surface area contributed by atoms with Gasteiger partial charge in [-0.2, -0.15) is 4.21 Å². The molecule has 0 N–H and O–H groups in total. The predicted octanol–water partition coefficient (Wildman–Crippen LogP) is 2.13. The van der Waals surface area contributed by atoms with E-state index in [1.807, 2.05) is 30.3 Å². The molecule has 0 aromatic heterocycles. The van der Waals surface area contributed by atoms with Crippen molar-refractivity contribution in [2.75, 3.05) is 6.61 Å². The molecular formula is C10H12O3S. The molecule has 76 valence electrons. The maximum atomic E-state index is 11.1. The van der Waals surface area contributed by atoms with Gasteiger partial charge in [0.2, 0.25) is 0 Å². The first-order chi connectivity index (χ1) is 6.86. The molecule has 1 heterocycles. The molecule has 0 radical (unpaired) electrons. The van der Waals surface area contributed by atoms with E-state index < -0.39 is 11.4 Å². The Morgan fingerprint density at radius 2 is 2.07 bits per heavy atom. The van der Waals surface area contributed by atoms with Gasteiger partial charge in [-0.1, -0.05) is 30.3 Å². The highest BCUT2D eigenvalue weighted by molar-refractivity contribution is 7.75. The Morgan fingerprint density at radius 1 is 1.29 bits per heavy atom. The molecule has 0 amide bonds. The van der Waals surface area contributed by atoms with Crippen LogP contribution in [0.1, 0.15) is 24.5 Å². The van der Waals surface area contributed by atoms with Crippen molar-refractivity contribution < 1.29 is 12.6 Å². The first-order valence-electron chi connectivity index (χ1n) is 4.63. The Hall–Kier alpha value is -0.710. The van der Waals surface area contributed by atoms with Crippen LogP contribution >= 0.6 is 0 Å². The zero-order chi connectivity index (χ0) is 9.80. The van der Waals surface area contributed by atoms with Gasteiger partial charge in [-0.25, -0.2) is 0 Å². The summed E-state index contributed by atoms with van der Waals surface area (Å²) in [4.78, 5) is 0. The minimum atomic E-state index is -1.59. The quantitative estimate of drug-likeness (QED) is 0.715. The van der Waals surface area contributed by atoms with E-state index in [0.717, 1.165) is 18.4 Å². The van der Waals surface area contributed by atoms with Gasteiger partial charge in [0.25, 0.3) is 0 Å². The van der Waals surface area contributed by atoms with Crippen LogP contribution in [0, 0.1) is 0 Å². The molecule has 0 spiro atoms. The molecule has 3 nitrogen and oxygen atoms in total. The molecule has 0 bridgehead atoms. The molecule has 1 aromatic rings. The van der Waals surface area contributed by atoms with Gasteiger partial charge < -0.3 is 0 Å². The number of benzene rings is 1. The number of hydrogen-bond acceptors (Lipinski definition) is 3. The lowest BCUT2D eigenvalue weighted by molar-refractivity contribution is 0.210. The van der Waals surface area contributed by atoms with E-state index in [9.17, 15) is 4.21 Å². The molecule has 1 aliphatic heterocycles. The molecule has 1 fully saturated rings. The van der Waals surface area contributed by atoms with Crippen molar-refractivity contribution in [3.05, 3.63) is 35.9 Å². The van der Waals surface area contributed by atoms with Crippen LogP contribution < -0.4 is 0 Å². The lowest BCUT2D eigenvalue weighted by Crippen LogP contribution is -2.04. The fourth-order valence-corrected chi connectivity index (χ4v) is 2.16. The second-order valence-electron chi connectivity index (χ2n) is 3.16. The highest BCUT2D eigenvalue weighted by Crippen LogP contribution is 2.26. The van der Waals surface area contributed by atoms with E-state index >= 15 is 0 Å². The van der Waals surface area contributed by atoms with E-state index in [0.29, 0.717) is 6.61 Å². The van der Waals surface area contributed by atoms with Crippen molar-refractivity contribution in [1.29, 1.82) is 0 Å². The summed E-state index contributed by atoms with van der Waals surface area (Å²) in [6.45, 7) is 0.510. The molecule has 2 rings (SSSR count). The Bertz CT molecular complexity index is 312. The minimum absolute atomic E-state index is 0.0977. The van der Waals surface area contributed by atoms with Crippen molar-refractivity contribution >= 4 is 11.4 Å². The van der Waals surface area contributed by atoms with Crippen LogP contribution in [-0.2, 0) is 19.7 Å². The van der Waals surface area contributed by atoms with Crippen molar-refractivity contribution in [3.63, 3.8) is 0 Å². The number of hydrogen-bond donors (Lipinski definition) is 0. The molecule has 4 heteroatoms. The third-order valence-corrected chi connectivity index (χ3v) is 2.90. The van der Waals surface area contributed by atoms with Crippen molar-refractivity contribution in [2.24, 2.45) is 0 Å². The molecule has 0 aliphatic carbocycles. The molecule has 14 heavy (non-hydrogen) atoms. The van der Waals surface area contributed by atoms with Crippen LogP contribution in [0.4, 0.5) is 0 Å². The Morgan fingerprint density at radius 3 is 2.86 bits per heavy atom. The van der Waals surface area contributed by atoms with Crippen LogP contribution in [0.5, 0.6) is 0 Å². The monoisotopic (exact) mass is 212 g/mol. The summed E-state index contributed by atoms with van der Waals surface area (Å²) in [7, 11) is 0. The lowest BCUT2D eigenvalue weighted by Gasteiger charge is -2.12. The molecule has 0 saturated carbocycles. The lowest BCUT2D eigenvalue weighted by atomic mass is 10.1. The van der Waals surface area contributed by atoms with Gasteiger partial charge in [0.15, 0.2) is 0 Å². The normalized spacial score (nSPS) is 28.3. The smallest absolute Gasteiger partial charge is 0.268 e. The highest BCUT2D eigenvalue weighted by Gasteiger charge is 2.19. The molecule has 1 aliphatic rings. The molecule has 2 atom stereocenters. The topological polar surface area (TPSA) is 35.5 Å². The average molecular weight is 212 g/mol. The third-order valence-electron chi connectivity index (χ3n) is 2.16. The summed E-state index contributed by atoms with van der Waals surface area (Å²) in [6.07, 6.45) is 1.64. The zero-order valence-electron chi connectivity index (χ0n) is 7.72. The van der Waals surface area contributed by atoms with E-state index in [2.05, 4.69) is 0 Å². The highest BCUT2D eigenvalue weighted by atomic mass is 32.2. The summed E-state index contributed by atoms with van der Waals surface area (Å²) in [6, 6.07) is 9.81. The Labute approximate surface area is 85.9 Å². The minimum Gasteiger partial charge on any atom is -0.268 e. The van der Waals surface area contributed by atoms with Crippen LogP contribution in [0.3, 0.4) is 0 Å². The first-order valence-corrected chi connectivity index (χ1v) is 5.63. The summed E-state index contributed by atoms with van der Waals surface area (Å²) < 4.78 is 21.3. The summed E-state index contributed by atoms with van der Waals surface area (Å²) in [5.41, 5.74) is 1.06. The summed E-state index contributed by atoms with van der Waals surface area (Å²) >= 11 is -1.59. The van der Waals surface area contributed by atoms with Crippen molar-refractivity contribution in [2.45, 2.75) is 18.9 Å². The third kappa shape index (κ3) is 2.41. The van der Waals surface area contributed by atoms with E-state index in [1.165, 1.54) is 0 Å². The SMILES string of the molecule is O=S1OCCCC(c2ccccc2)O1. The Kier molecular flexibility index (Phi) is 3.29. The Balaban J connectivity index is 2.13. The van der Waals surface area contributed by atoms with Crippen molar-refractivity contribution in [1.82, 2.24) is 0 Å². The molecular weight excluding hydrogens is 200 g/mol. The van der Waals surface area contributed by atoms with Crippen LogP contribution in [0.25, 0.3) is 0 Å². The van der Waals surface area contributed by atoms with E-state index in [4.69, 9.17) is 8.37 Å². The molecule has 1 saturated heterocycles. The van der Waals surface area contributed by atoms with Crippen molar-refractivity contribution in [3.8, 4) is 0 Å². The van der Waals surface area contributed by atoms with E-state index in [-0.39, 0.29) is 6.10 Å². The predicted molar refractivity (Wildman–Crippen MR) is 53.6 cm³/mol. The van der Waals surface area contributed by atoms with Gasteiger partial charge in [0.1, 0.15) is 6.10 Å². The molecule has 1 aromatic carbocycles. The van der Waals surface area contributed by atoms with Gasteiger partial charge in [0, 0.05) is 0 Å². The average Bonchev–Trinajstić information content (AvgIpc) is 2.44. The number of rotatable bonds is 1. The maximum absolute atomic E-state index is 11.1. The van der Waals surface area contributed by atoms with E-state index in [1.54, 1.807) is 0 Å².